The Labute approximate surface area is 281 Å². The Balaban J connectivity index is 0.00000288. The van der Waals surface area contributed by atoms with Gasteiger partial charge in [-0.2, -0.15) is 0 Å². The third-order valence-electron chi connectivity index (χ3n) is 7.75. The molecule has 0 atom stereocenters. The van der Waals surface area contributed by atoms with Gasteiger partial charge >= 0.3 is 5.97 Å². The van der Waals surface area contributed by atoms with Crippen LogP contribution in [0.15, 0.2) is 89.8 Å². The van der Waals surface area contributed by atoms with E-state index < -0.39 is 16.0 Å². The van der Waals surface area contributed by atoms with Gasteiger partial charge in [-0.25, -0.2) is 13.2 Å². The molecular weight excluding hydrogens is 649 g/mol. The molecule has 1 heterocycles. The first-order valence-electron chi connectivity index (χ1n) is 14.2. The third-order valence-corrected chi connectivity index (χ3v) is 9.58. The van der Waals surface area contributed by atoms with E-state index in [2.05, 4.69) is 0 Å². The largest absolute Gasteiger partial charge is 0.490 e. The van der Waals surface area contributed by atoms with Gasteiger partial charge in [-0.05, 0) is 71.8 Å². The smallest absolute Gasteiger partial charge is 0.339 e. The number of halogens is 2. The van der Waals surface area contributed by atoms with Crippen LogP contribution in [0.1, 0.15) is 41.3 Å². The zero-order chi connectivity index (χ0) is 31.4. The molecule has 46 heavy (non-hydrogen) atoms. The van der Waals surface area contributed by atoms with Crippen molar-refractivity contribution in [3.05, 3.63) is 102 Å². The summed E-state index contributed by atoms with van der Waals surface area (Å²) in [5, 5.41) is 17.4. The van der Waals surface area contributed by atoms with Crippen LogP contribution in [0, 0.1) is 10.8 Å². The molecule has 0 spiro atoms. The van der Waals surface area contributed by atoms with Crippen molar-refractivity contribution in [1.82, 2.24) is 4.90 Å². The van der Waals surface area contributed by atoms with Crippen LogP contribution >= 0.6 is 24.8 Å². The van der Waals surface area contributed by atoms with Crippen molar-refractivity contribution in [2.75, 3.05) is 24.5 Å². The summed E-state index contributed by atoms with van der Waals surface area (Å²) in [6.07, 6.45) is 1.58. The number of benzene rings is 4. The summed E-state index contributed by atoms with van der Waals surface area (Å²) in [5.74, 6) is 0.361. The molecule has 4 N–H and O–H groups in total. The monoisotopic (exact) mass is 685 g/mol. The molecule has 4 aromatic rings. The van der Waals surface area contributed by atoms with Crippen LogP contribution in [-0.4, -0.2) is 57.3 Å². The summed E-state index contributed by atoms with van der Waals surface area (Å²) < 4.78 is 40.9. The van der Waals surface area contributed by atoms with E-state index in [-0.39, 0.29) is 53.8 Å². The van der Waals surface area contributed by atoms with Gasteiger partial charge in [-0.15, -0.1) is 24.8 Å². The molecule has 1 aliphatic rings. The number of nitrogens with zero attached hydrogens (tertiary/aromatic N) is 2. The number of fused-ring (bicyclic) bond motifs is 1. The molecule has 0 radical (unpaired) electrons. The van der Waals surface area contributed by atoms with E-state index in [0.717, 1.165) is 36.7 Å². The molecule has 13 heteroatoms. The number of hydrogen-bond donors (Lipinski definition) is 3. The predicted octanol–water partition coefficient (Wildman–Crippen LogP) is 5.99. The first kappa shape index (κ1) is 36.2. The number of nitrogens with one attached hydrogen (secondary N) is 2. The SMILES string of the molecule is COC(=O)c1ccccc1S(=O)(=O)N(Cc1ccc2ccc(C(=N)N)cc2c1)c1ccc(OC2CCN(C(C)=N)CC2)cc1.Cl.Cl. The number of amidine groups is 2. The van der Waals surface area contributed by atoms with Gasteiger partial charge in [0.15, 0.2) is 0 Å². The maximum absolute atomic E-state index is 14.3. The Morgan fingerprint density at radius 2 is 1.59 bits per heavy atom. The fourth-order valence-electron chi connectivity index (χ4n) is 5.32. The molecule has 0 aromatic heterocycles. The van der Waals surface area contributed by atoms with Crippen molar-refractivity contribution in [1.29, 1.82) is 10.8 Å². The molecule has 1 fully saturated rings. The standard InChI is InChI=1S/C33H35N5O5S.2ClH/c1-22(34)37-17-15-29(16-18-37)43-28-13-11-27(12-14-28)38(44(40,41)31-6-4-3-5-30(31)33(39)42-2)21-23-7-8-24-9-10-25(32(35)36)20-26(24)19-23;;/h3-14,19-20,29,34H,15-18,21H2,1-2H3,(H3,35,36);2*1H. The van der Waals surface area contributed by atoms with Gasteiger partial charge in [0.25, 0.3) is 10.0 Å². The maximum atomic E-state index is 14.3. The lowest BCUT2D eigenvalue weighted by atomic mass is 10.0. The van der Waals surface area contributed by atoms with E-state index in [1.54, 1.807) is 55.5 Å². The highest BCUT2D eigenvalue weighted by molar-refractivity contribution is 7.92. The summed E-state index contributed by atoms with van der Waals surface area (Å²) in [5.41, 5.74) is 7.30. The number of nitrogen functional groups attached to an aromatic ring is 1. The van der Waals surface area contributed by atoms with Gasteiger partial charge < -0.3 is 20.1 Å². The molecule has 0 bridgehead atoms. The zero-order valence-electron chi connectivity index (χ0n) is 25.4. The van der Waals surface area contributed by atoms with Crippen molar-refractivity contribution < 1.29 is 22.7 Å². The molecule has 0 amide bonds. The molecule has 1 saturated heterocycles. The van der Waals surface area contributed by atoms with Crippen molar-refractivity contribution >= 4 is 68.9 Å². The zero-order valence-corrected chi connectivity index (χ0v) is 27.9. The van der Waals surface area contributed by atoms with E-state index in [1.165, 1.54) is 23.5 Å². The van der Waals surface area contributed by atoms with E-state index in [0.29, 0.717) is 28.4 Å². The molecule has 4 aromatic carbocycles. The molecule has 244 valence electrons. The Hall–Kier alpha value is -4.32. The van der Waals surface area contributed by atoms with Gasteiger partial charge in [0, 0.05) is 31.5 Å². The topological polar surface area (TPSA) is 150 Å². The highest BCUT2D eigenvalue weighted by atomic mass is 35.5. The number of anilines is 1. The van der Waals surface area contributed by atoms with Crippen LogP contribution in [0.4, 0.5) is 5.69 Å². The third kappa shape index (κ3) is 7.90. The van der Waals surface area contributed by atoms with Crippen LogP contribution in [0.5, 0.6) is 5.75 Å². The van der Waals surface area contributed by atoms with Crippen LogP contribution in [0.2, 0.25) is 0 Å². The van der Waals surface area contributed by atoms with Gasteiger partial charge in [0.1, 0.15) is 22.6 Å². The first-order valence-corrected chi connectivity index (χ1v) is 15.6. The summed E-state index contributed by atoms with van der Waals surface area (Å²) in [6.45, 7) is 3.26. The van der Waals surface area contributed by atoms with E-state index in [1.807, 2.05) is 29.2 Å². The van der Waals surface area contributed by atoms with Gasteiger partial charge in [0.05, 0.1) is 30.7 Å². The second-order valence-electron chi connectivity index (χ2n) is 10.7. The number of nitrogens with two attached hydrogens (primary N) is 1. The average Bonchev–Trinajstić information content (AvgIpc) is 3.03. The summed E-state index contributed by atoms with van der Waals surface area (Å²) in [4.78, 5) is 14.4. The molecular formula is C33H37Cl2N5O5S. The number of sulfonamides is 1. The maximum Gasteiger partial charge on any atom is 0.339 e. The van der Waals surface area contributed by atoms with Crippen molar-refractivity contribution in [2.24, 2.45) is 5.73 Å². The lowest BCUT2D eigenvalue weighted by Crippen LogP contribution is -2.40. The normalized spacial score (nSPS) is 13.2. The minimum absolute atomic E-state index is 0. The molecule has 0 aliphatic carbocycles. The second kappa shape index (κ2) is 15.3. The lowest BCUT2D eigenvalue weighted by molar-refractivity contribution is 0.0596. The highest BCUT2D eigenvalue weighted by Gasteiger charge is 2.30. The Bertz CT molecular complexity index is 1830. The fourth-order valence-corrected chi connectivity index (χ4v) is 6.96. The summed E-state index contributed by atoms with van der Waals surface area (Å²) in [7, 11) is -3.04. The van der Waals surface area contributed by atoms with E-state index in [9.17, 15) is 13.2 Å². The highest BCUT2D eigenvalue weighted by Crippen LogP contribution is 2.31. The summed E-state index contributed by atoms with van der Waals surface area (Å²) in [6, 6.07) is 23.9. The Kier molecular flexibility index (Phi) is 12.0. The van der Waals surface area contributed by atoms with Crippen LogP contribution < -0.4 is 14.8 Å². The molecule has 5 rings (SSSR count). The number of rotatable bonds is 9. The molecule has 10 nitrogen and oxygen atoms in total. The van der Waals surface area contributed by atoms with Gasteiger partial charge in [-0.1, -0.05) is 36.4 Å². The second-order valence-corrected chi connectivity index (χ2v) is 12.5. The van der Waals surface area contributed by atoms with Crippen LogP contribution in [-0.2, 0) is 21.3 Å². The van der Waals surface area contributed by atoms with Crippen LogP contribution in [0.3, 0.4) is 0 Å². The van der Waals surface area contributed by atoms with Gasteiger partial charge in [0.2, 0.25) is 0 Å². The lowest BCUT2D eigenvalue weighted by Gasteiger charge is -2.33. The summed E-state index contributed by atoms with van der Waals surface area (Å²) >= 11 is 0. The Morgan fingerprint density at radius 1 is 0.935 bits per heavy atom. The number of carbonyl (C=O) groups excluding carboxylic acids is 1. The Morgan fingerprint density at radius 3 is 2.22 bits per heavy atom. The molecule has 1 aliphatic heterocycles. The number of hydrogen-bond acceptors (Lipinski definition) is 7. The van der Waals surface area contributed by atoms with Gasteiger partial charge in [-0.3, -0.25) is 15.1 Å². The number of methoxy groups -OCH3 is 1. The first-order chi connectivity index (χ1) is 21.1. The van der Waals surface area contributed by atoms with Crippen molar-refractivity contribution in [2.45, 2.75) is 37.3 Å². The minimum atomic E-state index is -4.26. The average molecular weight is 687 g/mol. The number of esters is 1. The van der Waals surface area contributed by atoms with E-state index >= 15 is 0 Å². The van der Waals surface area contributed by atoms with Crippen LogP contribution in [0.25, 0.3) is 10.8 Å². The number of likely N-dealkylation sites (tertiary alicyclic amines) is 1. The molecule has 0 unspecified atom stereocenters. The number of ether oxygens (including phenoxy) is 2. The van der Waals surface area contributed by atoms with E-state index in [4.69, 9.17) is 26.0 Å². The predicted molar refractivity (Wildman–Crippen MR) is 186 cm³/mol. The fraction of sp³-hybridized carbons (Fsp3) is 0.242. The molecule has 0 saturated carbocycles. The minimum Gasteiger partial charge on any atom is -0.490 e. The van der Waals surface area contributed by atoms with Crippen molar-refractivity contribution in [3.8, 4) is 5.75 Å². The quantitative estimate of drug-likeness (QED) is 0.111. The van der Waals surface area contributed by atoms with Crippen molar-refractivity contribution in [3.63, 3.8) is 0 Å². The number of piperidine rings is 1. The number of carbonyl (C=O) groups is 1.